The van der Waals surface area contributed by atoms with Crippen LogP contribution in [0.4, 0.5) is 14.9 Å². The Hall–Kier alpha value is -3.13. The number of hydrogen-bond donors (Lipinski definition) is 0. The smallest absolute Gasteiger partial charge is 0.325 e. The largest absolute Gasteiger partial charge is 0.328 e. The van der Waals surface area contributed by atoms with Gasteiger partial charge in [0.25, 0.3) is 5.91 Å². The number of aliphatic imine (C=N–C) groups is 1. The first-order valence-electron chi connectivity index (χ1n) is 9.64. The number of likely N-dealkylation sites (N-methyl/N-ethyl adjacent to an activating group) is 1. The van der Waals surface area contributed by atoms with Crippen molar-refractivity contribution in [2.45, 2.75) is 18.8 Å². The number of amides is 3. The van der Waals surface area contributed by atoms with Gasteiger partial charge in [0.05, 0.1) is 6.54 Å². The van der Waals surface area contributed by atoms with Crippen LogP contribution in [0.25, 0.3) is 0 Å². The van der Waals surface area contributed by atoms with Gasteiger partial charge >= 0.3 is 6.03 Å². The van der Waals surface area contributed by atoms with E-state index in [1.165, 1.54) is 21.9 Å². The number of rotatable bonds is 3. The molecule has 3 amide bonds. The Balaban J connectivity index is 1.43. The van der Waals surface area contributed by atoms with E-state index in [1.54, 1.807) is 19.2 Å². The average molecular weight is 428 g/mol. The molecule has 2 aromatic carbocycles. The number of benzene rings is 2. The van der Waals surface area contributed by atoms with E-state index in [1.807, 2.05) is 34.1 Å². The quantitative estimate of drug-likeness (QED) is 0.755. The molecule has 9 heteroatoms. The summed E-state index contributed by atoms with van der Waals surface area (Å²) in [5.41, 5.74) is 1.62. The third-order valence-corrected chi connectivity index (χ3v) is 6.02. The van der Waals surface area contributed by atoms with Crippen molar-refractivity contribution >= 4 is 35.2 Å². The van der Waals surface area contributed by atoms with Gasteiger partial charge in [0, 0.05) is 30.8 Å². The van der Waals surface area contributed by atoms with E-state index in [0.29, 0.717) is 29.6 Å². The van der Waals surface area contributed by atoms with Crippen LogP contribution >= 0.6 is 11.6 Å². The van der Waals surface area contributed by atoms with Gasteiger partial charge in [-0.15, -0.1) is 0 Å². The predicted molar refractivity (Wildman–Crippen MR) is 111 cm³/mol. The van der Waals surface area contributed by atoms with Gasteiger partial charge in [-0.05, 0) is 42.0 Å². The number of hydrogen-bond acceptors (Lipinski definition) is 5. The van der Waals surface area contributed by atoms with E-state index in [2.05, 4.69) is 0 Å². The van der Waals surface area contributed by atoms with Gasteiger partial charge in [0.1, 0.15) is 5.82 Å². The summed E-state index contributed by atoms with van der Waals surface area (Å²) in [6, 6.07) is 12.3. The maximum atomic E-state index is 13.3. The number of nitrogens with zero attached hydrogens (tertiary/aromatic N) is 5. The number of carbonyl (C=O) groups is 2. The molecule has 2 saturated heterocycles. The Labute approximate surface area is 177 Å². The Kier molecular flexibility index (Phi) is 4.39. The number of imide groups is 1. The fourth-order valence-corrected chi connectivity index (χ4v) is 4.35. The van der Waals surface area contributed by atoms with Crippen molar-refractivity contribution in [1.29, 1.82) is 0 Å². The molecule has 0 spiro atoms. The second-order valence-corrected chi connectivity index (χ2v) is 7.99. The highest BCUT2D eigenvalue weighted by Gasteiger charge is 2.54. The fraction of sp³-hybridized carbons (Fsp3) is 0.286. The van der Waals surface area contributed by atoms with Crippen molar-refractivity contribution in [2.24, 2.45) is 4.99 Å². The molecule has 3 aliphatic heterocycles. The Morgan fingerprint density at radius 2 is 1.77 bits per heavy atom. The molecule has 30 heavy (non-hydrogen) atoms. The molecule has 3 aliphatic rings. The second-order valence-electron chi connectivity index (χ2n) is 7.55. The third-order valence-electron chi connectivity index (χ3n) is 5.77. The summed E-state index contributed by atoms with van der Waals surface area (Å²) in [5.74, 6) is 0.0357. The highest BCUT2D eigenvalue weighted by Crippen LogP contribution is 2.34. The zero-order valence-corrected chi connectivity index (χ0v) is 17.0. The van der Waals surface area contributed by atoms with Crippen LogP contribution in [-0.2, 0) is 11.3 Å². The molecule has 0 aliphatic carbocycles. The minimum atomic E-state index is -0.570. The normalized spacial score (nSPS) is 23.1. The van der Waals surface area contributed by atoms with Crippen LogP contribution in [0.2, 0.25) is 5.02 Å². The lowest BCUT2D eigenvalue weighted by Crippen LogP contribution is -2.64. The highest BCUT2D eigenvalue weighted by molar-refractivity contribution is 6.30. The molecule has 2 fully saturated rings. The molecule has 0 radical (unpaired) electrons. The standard InChI is InChI=1S/C21H19ClFN5O2/c1-25-18-17(19(29)28(21(25)30)12-13-2-6-15(23)7-3-13)27-11-10-26(20(27)24-18)16-8-4-14(22)5-9-16/h2-9,17-18H,10-12H2,1H3. The Morgan fingerprint density at radius 3 is 2.47 bits per heavy atom. The van der Waals surface area contributed by atoms with E-state index in [0.717, 1.165) is 5.69 Å². The number of anilines is 1. The number of guanidine groups is 1. The fourth-order valence-electron chi connectivity index (χ4n) is 4.22. The molecule has 0 N–H and O–H groups in total. The monoisotopic (exact) mass is 427 g/mol. The number of fused-ring (bicyclic) bond motifs is 3. The van der Waals surface area contributed by atoms with Crippen LogP contribution in [0.15, 0.2) is 53.5 Å². The van der Waals surface area contributed by atoms with E-state index in [-0.39, 0.29) is 18.3 Å². The topological polar surface area (TPSA) is 59.5 Å². The van der Waals surface area contributed by atoms with Gasteiger partial charge in [0.2, 0.25) is 5.96 Å². The molecule has 7 nitrogen and oxygen atoms in total. The van der Waals surface area contributed by atoms with Crippen LogP contribution in [0, 0.1) is 5.82 Å². The summed E-state index contributed by atoms with van der Waals surface area (Å²) in [4.78, 5) is 37.7. The van der Waals surface area contributed by atoms with Gasteiger partial charge in [-0.2, -0.15) is 0 Å². The first-order chi connectivity index (χ1) is 14.4. The molecule has 0 saturated carbocycles. The number of carbonyl (C=O) groups excluding carboxylic acids is 2. The first-order valence-corrected chi connectivity index (χ1v) is 10.0. The SMILES string of the molecule is CN1C(=O)N(Cc2ccc(F)cc2)C(=O)C2C1N=C1N(c3ccc(Cl)cc3)CCN12. The van der Waals surface area contributed by atoms with Crippen LogP contribution in [0.1, 0.15) is 5.56 Å². The molecule has 0 bridgehead atoms. The van der Waals surface area contributed by atoms with Crippen LogP contribution < -0.4 is 4.90 Å². The Morgan fingerprint density at radius 1 is 1.07 bits per heavy atom. The van der Waals surface area contributed by atoms with Gasteiger partial charge in [-0.3, -0.25) is 9.69 Å². The van der Waals surface area contributed by atoms with Crippen molar-refractivity contribution in [1.82, 2.24) is 14.7 Å². The maximum absolute atomic E-state index is 13.3. The van der Waals surface area contributed by atoms with Crippen molar-refractivity contribution in [2.75, 3.05) is 25.0 Å². The molecule has 5 rings (SSSR count). The van der Waals surface area contributed by atoms with E-state index >= 15 is 0 Å². The lowest BCUT2D eigenvalue weighted by atomic mass is 10.1. The molecule has 2 atom stereocenters. The summed E-state index contributed by atoms with van der Waals surface area (Å²) in [7, 11) is 1.66. The lowest BCUT2D eigenvalue weighted by Gasteiger charge is -2.40. The van der Waals surface area contributed by atoms with E-state index < -0.39 is 18.2 Å². The van der Waals surface area contributed by atoms with Gasteiger partial charge in [-0.25, -0.2) is 14.2 Å². The van der Waals surface area contributed by atoms with Crippen molar-refractivity contribution in [3.63, 3.8) is 0 Å². The molecule has 154 valence electrons. The summed E-state index contributed by atoms with van der Waals surface area (Å²) in [6.45, 7) is 1.41. The highest BCUT2D eigenvalue weighted by atomic mass is 35.5. The molecular formula is C21H19ClFN5O2. The van der Waals surface area contributed by atoms with Gasteiger partial charge < -0.3 is 14.7 Å². The second kappa shape index (κ2) is 6.98. The van der Waals surface area contributed by atoms with Crippen molar-refractivity contribution < 1.29 is 14.0 Å². The molecule has 2 unspecified atom stereocenters. The Bertz CT molecular complexity index is 1040. The van der Waals surface area contributed by atoms with Crippen LogP contribution in [0.3, 0.4) is 0 Å². The molecular weight excluding hydrogens is 409 g/mol. The van der Waals surface area contributed by atoms with Crippen LogP contribution in [-0.4, -0.2) is 64.9 Å². The van der Waals surface area contributed by atoms with E-state index in [9.17, 15) is 14.0 Å². The van der Waals surface area contributed by atoms with Gasteiger partial charge in [0.15, 0.2) is 12.2 Å². The van der Waals surface area contributed by atoms with Crippen LogP contribution in [0.5, 0.6) is 0 Å². The lowest BCUT2D eigenvalue weighted by molar-refractivity contribution is -0.137. The molecule has 2 aromatic rings. The predicted octanol–water partition coefficient (Wildman–Crippen LogP) is 2.76. The van der Waals surface area contributed by atoms with E-state index in [4.69, 9.17) is 16.6 Å². The zero-order valence-electron chi connectivity index (χ0n) is 16.2. The summed E-state index contributed by atoms with van der Waals surface area (Å²) < 4.78 is 13.2. The number of halogens is 2. The van der Waals surface area contributed by atoms with Crippen molar-refractivity contribution in [3.8, 4) is 0 Å². The minimum absolute atomic E-state index is 0.0928. The molecule has 3 heterocycles. The van der Waals surface area contributed by atoms with Gasteiger partial charge in [-0.1, -0.05) is 23.7 Å². The first kappa shape index (κ1) is 18.9. The maximum Gasteiger partial charge on any atom is 0.328 e. The minimum Gasteiger partial charge on any atom is -0.325 e. The van der Waals surface area contributed by atoms with Crippen molar-refractivity contribution in [3.05, 3.63) is 64.9 Å². The zero-order chi connectivity index (χ0) is 21.0. The summed E-state index contributed by atoms with van der Waals surface area (Å²) >= 11 is 6.00. The summed E-state index contributed by atoms with van der Waals surface area (Å²) in [5, 5.41) is 0.647. The summed E-state index contributed by atoms with van der Waals surface area (Å²) in [6.07, 6.45) is -0.570. The average Bonchev–Trinajstić information content (AvgIpc) is 3.31. The third kappa shape index (κ3) is 2.90. The molecule has 0 aromatic heterocycles. The number of urea groups is 1.